The van der Waals surface area contributed by atoms with E-state index in [-0.39, 0.29) is 12.5 Å². The summed E-state index contributed by atoms with van der Waals surface area (Å²) in [6.45, 7) is -0.196. The minimum Gasteiger partial charge on any atom is -0.343 e. The highest BCUT2D eigenvalue weighted by Crippen LogP contribution is 2.10. The third-order valence-electron chi connectivity index (χ3n) is 2.75. The van der Waals surface area contributed by atoms with Gasteiger partial charge >= 0.3 is 0 Å². The number of hydrogen-bond donors (Lipinski definition) is 2. The summed E-state index contributed by atoms with van der Waals surface area (Å²) < 4.78 is 0. The summed E-state index contributed by atoms with van der Waals surface area (Å²) in [5.41, 5.74) is 3.45. The Morgan fingerprint density at radius 3 is 2.43 bits per heavy atom. The number of rotatable bonds is 5. The Morgan fingerprint density at radius 1 is 1.04 bits per heavy atom. The maximum Gasteiger partial charge on any atom is 0.259 e. The maximum absolute atomic E-state index is 11.8. The summed E-state index contributed by atoms with van der Waals surface area (Å²) in [7, 11) is 0. The number of nitrogens with zero attached hydrogens (tertiary/aromatic N) is 1. The molecule has 0 heterocycles. The second kappa shape index (κ2) is 8.31. The van der Waals surface area contributed by atoms with Gasteiger partial charge in [-0.2, -0.15) is 5.10 Å². The quantitative estimate of drug-likeness (QED) is 0.643. The van der Waals surface area contributed by atoms with Crippen molar-refractivity contribution in [1.29, 1.82) is 0 Å². The number of hydrazone groups is 1. The molecule has 2 aromatic rings. The molecule has 5 nitrogen and oxygen atoms in total. The summed E-state index contributed by atoms with van der Waals surface area (Å²) in [6, 6.07) is 13.5. The fourth-order valence-electron chi connectivity index (χ4n) is 1.70. The van der Waals surface area contributed by atoms with Gasteiger partial charge in [0.2, 0.25) is 0 Å². The number of halogens is 2. The molecule has 2 amide bonds. The van der Waals surface area contributed by atoms with E-state index in [1.165, 1.54) is 12.3 Å². The Balaban J connectivity index is 1.80. The molecule has 0 saturated heterocycles. The average Bonchev–Trinajstić information content (AvgIpc) is 2.52. The first-order chi connectivity index (χ1) is 11.0. The molecular weight excluding hydrogens is 337 g/mol. The Hall–Kier alpha value is -2.37. The average molecular weight is 350 g/mol. The van der Waals surface area contributed by atoms with E-state index >= 15 is 0 Å². The number of carbonyl (C=O) groups is 2. The lowest BCUT2D eigenvalue weighted by Gasteiger charge is -2.04. The third-order valence-corrected chi connectivity index (χ3v) is 3.22. The Bertz CT molecular complexity index is 748. The molecule has 2 aromatic carbocycles. The summed E-state index contributed by atoms with van der Waals surface area (Å²) in [4.78, 5) is 23.4. The van der Waals surface area contributed by atoms with Crippen molar-refractivity contribution in [2.45, 2.75) is 0 Å². The summed E-state index contributed by atoms with van der Waals surface area (Å²) in [6.07, 6.45) is 1.46. The van der Waals surface area contributed by atoms with Crippen molar-refractivity contribution in [3.63, 3.8) is 0 Å². The highest BCUT2D eigenvalue weighted by molar-refractivity contribution is 6.31. The van der Waals surface area contributed by atoms with Crippen LogP contribution >= 0.6 is 23.2 Å². The molecule has 23 heavy (non-hydrogen) atoms. The van der Waals surface area contributed by atoms with Crippen molar-refractivity contribution in [3.8, 4) is 0 Å². The van der Waals surface area contributed by atoms with Crippen molar-refractivity contribution in [2.24, 2.45) is 5.10 Å². The summed E-state index contributed by atoms with van der Waals surface area (Å²) in [5.74, 6) is -0.833. The lowest BCUT2D eigenvalue weighted by Crippen LogP contribution is -2.34. The van der Waals surface area contributed by atoms with Gasteiger partial charge in [0.1, 0.15) is 0 Å². The van der Waals surface area contributed by atoms with Crippen molar-refractivity contribution in [3.05, 3.63) is 69.7 Å². The largest absolute Gasteiger partial charge is 0.343 e. The van der Waals surface area contributed by atoms with Crippen LogP contribution in [0.5, 0.6) is 0 Å². The van der Waals surface area contributed by atoms with Gasteiger partial charge in [-0.1, -0.05) is 41.4 Å². The monoisotopic (exact) mass is 349 g/mol. The number of carbonyl (C=O) groups excluding carboxylic acids is 2. The maximum atomic E-state index is 11.8. The van der Waals surface area contributed by atoms with Crippen molar-refractivity contribution in [2.75, 3.05) is 6.54 Å². The summed E-state index contributed by atoms with van der Waals surface area (Å²) in [5, 5.41) is 7.30. The van der Waals surface area contributed by atoms with Crippen LogP contribution < -0.4 is 10.7 Å². The highest BCUT2D eigenvalue weighted by atomic mass is 35.5. The minimum absolute atomic E-state index is 0.196. The molecule has 0 saturated carbocycles. The number of amides is 2. The second-order valence-corrected chi connectivity index (χ2v) is 5.41. The smallest absolute Gasteiger partial charge is 0.259 e. The van der Waals surface area contributed by atoms with E-state index in [1.54, 1.807) is 42.5 Å². The molecule has 0 fully saturated rings. The molecule has 0 aliphatic rings. The molecule has 0 aromatic heterocycles. The predicted octanol–water partition coefficient (Wildman–Crippen LogP) is 2.87. The molecule has 7 heteroatoms. The van der Waals surface area contributed by atoms with Crippen LogP contribution in [0, 0.1) is 0 Å². The van der Waals surface area contributed by atoms with Gasteiger partial charge in [-0.3, -0.25) is 9.59 Å². The van der Waals surface area contributed by atoms with Crippen LogP contribution in [0.15, 0.2) is 53.6 Å². The van der Waals surface area contributed by atoms with Crippen molar-refractivity contribution in [1.82, 2.24) is 10.7 Å². The van der Waals surface area contributed by atoms with Crippen molar-refractivity contribution < 1.29 is 9.59 Å². The minimum atomic E-state index is -0.446. The van der Waals surface area contributed by atoms with Crippen LogP contribution in [-0.2, 0) is 4.79 Å². The van der Waals surface area contributed by atoms with Gasteiger partial charge in [0.25, 0.3) is 11.8 Å². The van der Waals surface area contributed by atoms with Crippen LogP contribution in [0.3, 0.4) is 0 Å². The number of nitrogens with one attached hydrogen (secondary N) is 2. The van der Waals surface area contributed by atoms with Gasteiger partial charge in [-0.05, 0) is 35.9 Å². The number of benzene rings is 2. The number of hydrogen-bond acceptors (Lipinski definition) is 3. The zero-order valence-electron chi connectivity index (χ0n) is 11.9. The van der Waals surface area contributed by atoms with E-state index in [4.69, 9.17) is 23.2 Å². The fraction of sp³-hybridized carbons (Fsp3) is 0.0625. The van der Waals surface area contributed by atoms with Crippen LogP contribution in [0.4, 0.5) is 0 Å². The van der Waals surface area contributed by atoms with Gasteiger partial charge in [0, 0.05) is 15.6 Å². The molecule has 0 radical (unpaired) electrons. The molecule has 0 spiro atoms. The first-order valence-electron chi connectivity index (χ1n) is 6.66. The topological polar surface area (TPSA) is 70.6 Å². The van der Waals surface area contributed by atoms with E-state index in [0.717, 1.165) is 5.56 Å². The van der Waals surface area contributed by atoms with Gasteiger partial charge in [0.05, 0.1) is 12.8 Å². The zero-order valence-corrected chi connectivity index (χ0v) is 13.4. The lowest BCUT2D eigenvalue weighted by molar-refractivity contribution is -0.120. The van der Waals surface area contributed by atoms with E-state index in [1.807, 2.05) is 0 Å². The van der Waals surface area contributed by atoms with Gasteiger partial charge in [-0.15, -0.1) is 0 Å². The fourth-order valence-corrected chi connectivity index (χ4v) is 2.09. The van der Waals surface area contributed by atoms with Gasteiger partial charge in [-0.25, -0.2) is 5.43 Å². The highest BCUT2D eigenvalue weighted by Gasteiger charge is 2.07. The van der Waals surface area contributed by atoms with E-state index in [0.29, 0.717) is 15.6 Å². The zero-order chi connectivity index (χ0) is 16.7. The molecule has 0 unspecified atom stereocenters. The SMILES string of the molecule is O=C(CNC(=O)c1cccc(Cl)c1)N/N=C\c1cccc(Cl)c1. The van der Waals surface area contributed by atoms with Gasteiger partial charge < -0.3 is 5.32 Å². The normalized spacial score (nSPS) is 10.5. The molecule has 118 valence electrons. The molecule has 0 atom stereocenters. The predicted molar refractivity (Wildman–Crippen MR) is 91.0 cm³/mol. The van der Waals surface area contributed by atoms with Crippen LogP contribution in [0.2, 0.25) is 10.0 Å². The third kappa shape index (κ3) is 5.73. The van der Waals surface area contributed by atoms with Crippen LogP contribution in [-0.4, -0.2) is 24.6 Å². The lowest BCUT2D eigenvalue weighted by atomic mass is 10.2. The van der Waals surface area contributed by atoms with Crippen LogP contribution in [0.25, 0.3) is 0 Å². The first-order valence-corrected chi connectivity index (χ1v) is 7.41. The molecular formula is C16H13Cl2N3O2. The Kier molecular flexibility index (Phi) is 6.14. The molecule has 0 bridgehead atoms. The standard InChI is InChI=1S/C16H13Cl2N3O2/c17-13-5-1-3-11(7-13)9-20-21-15(22)10-19-16(23)12-4-2-6-14(18)8-12/h1-9H,10H2,(H,19,23)(H,21,22)/b20-9-. The molecule has 0 aliphatic carbocycles. The van der Waals surface area contributed by atoms with Crippen LogP contribution in [0.1, 0.15) is 15.9 Å². The summed E-state index contributed by atoms with van der Waals surface area (Å²) >= 11 is 11.6. The molecule has 2 N–H and O–H groups in total. The Labute approximate surface area is 143 Å². The molecule has 0 aliphatic heterocycles. The first kappa shape index (κ1) is 17.0. The van der Waals surface area contributed by atoms with E-state index in [9.17, 15) is 9.59 Å². The second-order valence-electron chi connectivity index (χ2n) is 4.54. The van der Waals surface area contributed by atoms with Gasteiger partial charge in [0.15, 0.2) is 0 Å². The van der Waals surface area contributed by atoms with Crippen molar-refractivity contribution >= 4 is 41.2 Å². The molecule has 2 rings (SSSR count). The van der Waals surface area contributed by atoms with E-state index < -0.39 is 5.91 Å². The Morgan fingerprint density at radius 2 is 1.74 bits per heavy atom. The van der Waals surface area contributed by atoms with E-state index in [2.05, 4.69) is 15.8 Å².